The number of ether oxygens (including phenoxy) is 2. The van der Waals surface area contributed by atoms with Gasteiger partial charge in [-0.2, -0.15) is 10.2 Å². The van der Waals surface area contributed by atoms with Gasteiger partial charge in [0.25, 0.3) is 0 Å². The molecule has 1 aliphatic heterocycles. The van der Waals surface area contributed by atoms with Crippen molar-refractivity contribution in [3.8, 4) is 17.1 Å². The Kier molecular flexibility index (Phi) is 7.61. The maximum absolute atomic E-state index is 12.2. The fourth-order valence-electron chi connectivity index (χ4n) is 4.28. The number of benzene rings is 1. The highest BCUT2D eigenvalue weighted by Gasteiger charge is 2.39. The van der Waals surface area contributed by atoms with E-state index in [2.05, 4.69) is 52.9 Å². The topological polar surface area (TPSA) is 80.4 Å². The Hall–Kier alpha value is -2.65. The first-order valence-electron chi connectivity index (χ1n) is 13.1. The van der Waals surface area contributed by atoms with Gasteiger partial charge >= 0.3 is 5.97 Å². The third-order valence-corrected chi connectivity index (χ3v) is 11.7. The molecule has 1 aromatic carbocycles. The van der Waals surface area contributed by atoms with Gasteiger partial charge in [-0.25, -0.2) is 4.68 Å². The zero-order valence-electron chi connectivity index (χ0n) is 22.8. The van der Waals surface area contributed by atoms with Crippen LogP contribution in [0.3, 0.4) is 0 Å². The van der Waals surface area contributed by atoms with E-state index in [-0.39, 0.29) is 23.8 Å². The fourth-order valence-corrected chi connectivity index (χ4v) is 5.30. The van der Waals surface area contributed by atoms with Crippen LogP contribution >= 0.6 is 0 Å². The molecule has 1 saturated heterocycles. The summed E-state index contributed by atoms with van der Waals surface area (Å²) in [6, 6.07) is 8.24. The Morgan fingerprint density at radius 1 is 1.17 bits per heavy atom. The molecule has 0 saturated carbocycles. The number of hydrogen-bond acceptors (Lipinski definition) is 6. The van der Waals surface area contributed by atoms with Crippen LogP contribution in [0.1, 0.15) is 65.8 Å². The minimum Gasteiger partial charge on any atom is -0.543 e. The molecule has 1 aliphatic rings. The van der Waals surface area contributed by atoms with Crippen LogP contribution in [-0.2, 0) is 27.2 Å². The van der Waals surface area contributed by atoms with Crippen LogP contribution in [0.25, 0.3) is 22.3 Å². The highest BCUT2D eigenvalue weighted by molar-refractivity contribution is 6.74. The molecule has 2 aromatic heterocycles. The van der Waals surface area contributed by atoms with Crippen molar-refractivity contribution >= 4 is 25.2 Å². The van der Waals surface area contributed by atoms with Crippen LogP contribution in [0, 0.1) is 0 Å². The lowest BCUT2D eigenvalue weighted by Gasteiger charge is -2.36. The normalized spacial score (nSPS) is 16.9. The standard InChI is InChI=1S/C27H40N4O4Si/c1-8-19-16-22(28-30(19)18-25(32)33-9-2)26-21-17-20(35-36(6,7)27(3,4)5)13-14-23(21)31(29-26)24-12-10-11-15-34-24/h13-14,16-17,24H,8-12,15,18H2,1-7H3. The lowest BCUT2D eigenvalue weighted by atomic mass is 10.1. The maximum atomic E-state index is 12.2. The Morgan fingerprint density at radius 2 is 1.94 bits per heavy atom. The molecule has 1 atom stereocenters. The van der Waals surface area contributed by atoms with Crippen molar-refractivity contribution in [2.75, 3.05) is 13.2 Å². The number of aromatic nitrogens is 4. The van der Waals surface area contributed by atoms with E-state index in [0.29, 0.717) is 6.61 Å². The van der Waals surface area contributed by atoms with Crippen molar-refractivity contribution in [2.24, 2.45) is 0 Å². The number of carbonyl (C=O) groups excluding carboxylic acids is 1. The fraction of sp³-hybridized carbons (Fsp3) is 0.593. The molecule has 3 aromatic rings. The zero-order valence-corrected chi connectivity index (χ0v) is 23.8. The van der Waals surface area contributed by atoms with E-state index in [1.54, 1.807) is 4.68 Å². The van der Waals surface area contributed by atoms with Crippen LogP contribution in [0.4, 0.5) is 0 Å². The average molecular weight is 513 g/mol. The molecule has 8 nitrogen and oxygen atoms in total. The summed E-state index contributed by atoms with van der Waals surface area (Å²) in [6.07, 6.45) is 3.76. The van der Waals surface area contributed by atoms with Gasteiger partial charge in [-0.05, 0) is 75.0 Å². The van der Waals surface area contributed by atoms with E-state index in [0.717, 1.165) is 66.0 Å². The molecule has 0 N–H and O–H groups in total. The van der Waals surface area contributed by atoms with Gasteiger partial charge < -0.3 is 13.9 Å². The number of fused-ring (bicyclic) bond motifs is 1. The van der Waals surface area contributed by atoms with E-state index < -0.39 is 8.32 Å². The Morgan fingerprint density at radius 3 is 2.58 bits per heavy atom. The van der Waals surface area contributed by atoms with Gasteiger partial charge in [0, 0.05) is 17.7 Å². The summed E-state index contributed by atoms with van der Waals surface area (Å²) >= 11 is 0. The number of nitrogens with zero attached hydrogens (tertiary/aromatic N) is 4. The number of rotatable bonds is 8. The zero-order chi connectivity index (χ0) is 26.1. The monoisotopic (exact) mass is 512 g/mol. The van der Waals surface area contributed by atoms with Gasteiger partial charge in [0.15, 0.2) is 6.23 Å². The van der Waals surface area contributed by atoms with Crippen LogP contribution in [0.2, 0.25) is 18.1 Å². The molecule has 36 heavy (non-hydrogen) atoms. The second-order valence-corrected chi connectivity index (χ2v) is 15.7. The van der Waals surface area contributed by atoms with E-state index >= 15 is 0 Å². The highest BCUT2D eigenvalue weighted by atomic mass is 28.4. The van der Waals surface area contributed by atoms with Gasteiger partial charge in [-0.15, -0.1) is 0 Å². The summed E-state index contributed by atoms with van der Waals surface area (Å²) in [5.41, 5.74) is 3.47. The molecule has 9 heteroatoms. The molecule has 3 heterocycles. The lowest BCUT2D eigenvalue weighted by Crippen LogP contribution is -2.43. The van der Waals surface area contributed by atoms with Gasteiger partial charge in [-0.3, -0.25) is 9.48 Å². The van der Waals surface area contributed by atoms with Crippen LogP contribution in [-0.4, -0.2) is 47.1 Å². The van der Waals surface area contributed by atoms with Gasteiger partial charge in [0.05, 0.1) is 12.1 Å². The summed E-state index contributed by atoms with van der Waals surface area (Å²) in [6.45, 7) is 16.3. The molecular weight excluding hydrogens is 472 g/mol. The second kappa shape index (κ2) is 10.4. The Balaban J connectivity index is 1.80. The molecular formula is C27H40N4O4Si. The summed E-state index contributed by atoms with van der Waals surface area (Å²) in [7, 11) is -2.02. The average Bonchev–Trinajstić information content (AvgIpc) is 3.39. The number of carbonyl (C=O) groups is 1. The van der Waals surface area contributed by atoms with E-state index in [1.807, 2.05) is 23.7 Å². The molecule has 4 rings (SSSR count). The first-order chi connectivity index (χ1) is 17.0. The van der Waals surface area contributed by atoms with Crippen molar-refractivity contribution in [3.05, 3.63) is 30.0 Å². The van der Waals surface area contributed by atoms with E-state index in [4.69, 9.17) is 24.1 Å². The van der Waals surface area contributed by atoms with Gasteiger partial charge in [0.1, 0.15) is 23.7 Å². The predicted octanol–water partition coefficient (Wildman–Crippen LogP) is 6.11. The minimum atomic E-state index is -2.02. The summed E-state index contributed by atoms with van der Waals surface area (Å²) in [5.74, 6) is 0.555. The molecule has 0 spiro atoms. The third-order valence-electron chi connectivity index (χ3n) is 7.34. The predicted molar refractivity (Wildman–Crippen MR) is 144 cm³/mol. The SMILES string of the molecule is CCOC(=O)Cn1nc(-c2nn(C3CCCCO3)c3ccc(O[Si](C)(C)C(C)(C)C)cc23)cc1CC. The summed E-state index contributed by atoms with van der Waals surface area (Å²) in [4.78, 5) is 12.2. The quantitative estimate of drug-likeness (QED) is 0.268. The number of hydrogen-bond donors (Lipinski definition) is 0. The van der Waals surface area contributed by atoms with E-state index in [9.17, 15) is 4.79 Å². The van der Waals surface area contributed by atoms with Gasteiger partial charge in [0.2, 0.25) is 8.32 Å². The Bertz CT molecular complexity index is 1220. The maximum Gasteiger partial charge on any atom is 0.327 e. The molecule has 1 unspecified atom stereocenters. The molecule has 1 fully saturated rings. The highest BCUT2D eigenvalue weighted by Crippen LogP contribution is 2.39. The van der Waals surface area contributed by atoms with E-state index in [1.165, 1.54) is 0 Å². The van der Waals surface area contributed by atoms with Crippen LogP contribution in [0.5, 0.6) is 5.75 Å². The van der Waals surface area contributed by atoms with Crippen molar-refractivity contribution in [1.29, 1.82) is 0 Å². The first kappa shape index (κ1) is 26.4. The third kappa shape index (κ3) is 5.37. The Labute approximate surface area is 215 Å². The van der Waals surface area contributed by atoms with Crippen molar-refractivity contribution in [1.82, 2.24) is 19.6 Å². The lowest BCUT2D eigenvalue weighted by molar-refractivity contribution is -0.144. The van der Waals surface area contributed by atoms with Crippen molar-refractivity contribution < 1.29 is 18.7 Å². The van der Waals surface area contributed by atoms with Gasteiger partial charge in [-0.1, -0.05) is 27.7 Å². The molecule has 0 amide bonds. The van der Waals surface area contributed by atoms with Crippen LogP contribution < -0.4 is 4.43 Å². The number of aryl methyl sites for hydroxylation is 1. The molecule has 0 bridgehead atoms. The molecule has 0 aliphatic carbocycles. The largest absolute Gasteiger partial charge is 0.543 e. The first-order valence-corrected chi connectivity index (χ1v) is 16.0. The smallest absolute Gasteiger partial charge is 0.327 e. The molecule has 196 valence electrons. The molecule has 0 radical (unpaired) electrons. The summed E-state index contributed by atoms with van der Waals surface area (Å²) in [5, 5.41) is 10.9. The number of esters is 1. The van der Waals surface area contributed by atoms with Crippen molar-refractivity contribution in [2.45, 2.75) is 91.2 Å². The second-order valence-electron chi connectivity index (χ2n) is 11.0. The van der Waals surface area contributed by atoms with Crippen molar-refractivity contribution in [3.63, 3.8) is 0 Å². The minimum absolute atomic E-state index is 0.0844. The summed E-state index contributed by atoms with van der Waals surface area (Å²) < 4.78 is 21.6. The van der Waals surface area contributed by atoms with Crippen LogP contribution in [0.15, 0.2) is 24.3 Å².